The summed E-state index contributed by atoms with van der Waals surface area (Å²) < 4.78 is 4.60. The van der Waals surface area contributed by atoms with Crippen molar-refractivity contribution in [3.05, 3.63) is 0 Å². The highest BCUT2D eigenvalue weighted by Gasteiger charge is 2.34. The molecule has 0 spiro atoms. The molecule has 14 heavy (non-hydrogen) atoms. The molecule has 1 saturated carbocycles. The molecule has 0 saturated heterocycles. The summed E-state index contributed by atoms with van der Waals surface area (Å²) in [6.45, 7) is 4.24. The minimum atomic E-state index is -0.491. The lowest BCUT2D eigenvalue weighted by Gasteiger charge is -2.28. The lowest BCUT2D eigenvalue weighted by Crippen LogP contribution is -2.33. The van der Waals surface area contributed by atoms with E-state index in [2.05, 4.69) is 18.6 Å². The van der Waals surface area contributed by atoms with Gasteiger partial charge < -0.3 is 4.74 Å². The number of carbonyl (C=O) groups excluding carboxylic acids is 2. The molecule has 0 heterocycles. The van der Waals surface area contributed by atoms with Crippen LogP contribution >= 0.6 is 0 Å². The van der Waals surface area contributed by atoms with Crippen molar-refractivity contribution in [3.8, 4) is 0 Å². The third kappa shape index (κ3) is 2.34. The third-order valence-corrected chi connectivity index (χ3v) is 3.11. The highest BCUT2D eigenvalue weighted by atomic mass is 16.5. The topological polar surface area (TPSA) is 43.4 Å². The Labute approximate surface area is 84.8 Å². The molecular formula is C11H18O3. The molecule has 3 heteroatoms. The molecule has 2 unspecified atom stereocenters. The second-order valence-corrected chi connectivity index (χ2v) is 4.33. The highest BCUT2D eigenvalue weighted by molar-refractivity contribution is 5.99. The van der Waals surface area contributed by atoms with E-state index in [0.29, 0.717) is 24.7 Å². The maximum absolute atomic E-state index is 11.6. The van der Waals surface area contributed by atoms with E-state index in [1.807, 2.05) is 0 Å². The minimum absolute atomic E-state index is 0.0572. The molecule has 0 aromatic heterocycles. The number of rotatable bonds is 2. The molecule has 2 atom stereocenters. The number of methoxy groups -OCH3 is 1. The summed E-state index contributed by atoms with van der Waals surface area (Å²) in [5.41, 5.74) is 0. The van der Waals surface area contributed by atoms with Crippen LogP contribution in [0.5, 0.6) is 0 Å². The van der Waals surface area contributed by atoms with Crippen molar-refractivity contribution in [1.82, 2.24) is 0 Å². The predicted molar refractivity (Wildman–Crippen MR) is 52.7 cm³/mol. The quantitative estimate of drug-likeness (QED) is 0.502. The summed E-state index contributed by atoms with van der Waals surface area (Å²) in [5, 5.41) is 0. The Kier molecular flexibility index (Phi) is 3.67. The van der Waals surface area contributed by atoms with Gasteiger partial charge in [-0.15, -0.1) is 0 Å². The zero-order valence-electron chi connectivity index (χ0n) is 9.08. The molecule has 0 aromatic carbocycles. The van der Waals surface area contributed by atoms with Crippen molar-refractivity contribution in [2.24, 2.45) is 17.8 Å². The van der Waals surface area contributed by atoms with Crippen molar-refractivity contribution in [3.63, 3.8) is 0 Å². The summed E-state index contributed by atoms with van der Waals surface area (Å²) in [6, 6.07) is 0. The molecule has 1 aliphatic carbocycles. The van der Waals surface area contributed by atoms with Crippen LogP contribution in [0.2, 0.25) is 0 Å². The van der Waals surface area contributed by atoms with Gasteiger partial charge in [0.1, 0.15) is 11.7 Å². The first kappa shape index (κ1) is 11.2. The van der Waals surface area contributed by atoms with E-state index < -0.39 is 5.92 Å². The Bertz CT molecular complexity index is 233. The van der Waals surface area contributed by atoms with Crippen molar-refractivity contribution >= 4 is 11.8 Å². The maximum Gasteiger partial charge on any atom is 0.316 e. The zero-order valence-corrected chi connectivity index (χ0v) is 9.08. The van der Waals surface area contributed by atoms with Gasteiger partial charge in [-0.3, -0.25) is 9.59 Å². The molecule has 0 amide bonds. The van der Waals surface area contributed by atoms with E-state index in [4.69, 9.17) is 0 Å². The summed E-state index contributed by atoms with van der Waals surface area (Å²) in [7, 11) is 1.34. The van der Waals surface area contributed by atoms with Gasteiger partial charge in [0.15, 0.2) is 0 Å². The molecule has 0 N–H and O–H groups in total. The number of ketones is 1. The fraction of sp³-hybridized carbons (Fsp3) is 0.818. The molecule has 1 fully saturated rings. The SMILES string of the molecule is COC(=O)C1CCC(C(C)C)CC1=O. The van der Waals surface area contributed by atoms with E-state index >= 15 is 0 Å². The van der Waals surface area contributed by atoms with Crippen LogP contribution < -0.4 is 0 Å². The number of hydrogen-bond acceptors (Lipinski definition) is 3. The number of Topliss-reactive ketones (excluding diaryl/α,β-unsaturated/α-hetero) is 1. The molecule has 80 valence electrons. The fourth-order valence-electron chi connectivity index (χ4n) is 2.01. The smallest absolute Gasteiger partial charge is 0.316 e. The van der Waals surface area contributed by atoms with Gasteiger partial charge in [-0.25, -0.2) is 0 Å². The standard InChI is InChI=1S/C11H18O3/c1-7(2)8-4-5-9(10(12)6-8)11(13)14-3/h7-9H,4-6H2,1-3H3. The molecule has 0 bridgehead atoms. The minimum Gasteiger partial charge on any atom is -0.468 e. The Morgan fingerprint density at radius 1 is 1.43 bits per heavy atom. The van der Waals surface area contributed by atoms with E-state index in [0.717, 1.165) is 6.42 Å². The van der Waals surface area contributed by atoms with Crippen molar-refractivity contribution in [2.75, 3.05) is 7.11 Å². The molecule has 0 aromatic rings. The number of hydrogen-bond donors (Lipinski definition) is 0. The first-order valence-electron chi connectivity index (χ1n) is 5.16. The summed E-state index contributed by atoms with van der Waals surface area (Å²) in [4.78, 5) is 22.8. The van der Waals surface area contributed by atoms with Gasteiger partial charge in [0.2, 0.25) is 0 Å². The van der Waals surface area contributed by atoms with Crippen LogP contribution in [0.25, 0.3) is 0 Å². The summed E-state index contributed by atoms with van der Waals surface area (Å²) in [6.07, 6.45) is 2.16. The second kappa shape index (κ2) is 4.58. The maximum atomic E-state index is 11.6. The second-order valence-electron chi connectivity index (χ2n) is 4.33. The van der Waals surface area contributed by atoms with Gasteiger partial charge in [-0.1, -0.05) is 13.8 Å². The van der Waals surface area contributed by atoms with Gasteiger partial charge in [-0.2, -0.15) is 0 Å². The fourth-order valence-corrected chi connectivity index (χ4v) is 2.01. The molecule has 0 aliphatic heterocycles. The predicted octanol–water partition coefficient (Wildman–Crippen LogP) is 1.80. The van der Waals surface area contributed by atoms with Gasteiger partial charge >= 0.3 is 5.97 Å². The molecule has 1 rings (SSSR count). The van der Waals surface area contributed by atoms with Gasteiger partial charge in [0.25, 0.3) is 0 Å². The Balaban J connectivity index is 2.56. The van der Waals surface area contributed by atoms with Gasteiger partial charge in [0, 0.05) is 6.42 Å². The lowest BCUT2D eigenvalue weighted by molar-refractivity contribution is -0.151. The molecule has 1 aliphatic rings. The van der Waals surface area contributed by atoms with Crippen molar-refractivity contribution in [1.29, 1.82) is 0 Å². The summed E-state index contributed by atoms with van der Waals surface area (Å²) >= 11 is 0. The molecule has 3 nitrogen and oxygen atoms in total. The van der Waals surface area contributed by atoms with Crippen LogP contribution in [0.3, 0.4) is 0 Å². The van der Waals surface area contributed by atoms with Crippen molar-refractivity contribution < 1.29 is 14.3 Å². The van der Waals surface area contributed by atoms with E-state index in [-0.39, 0.29) is 11.8 Å². The average molecular weight is 198 g/mol. The van der Waals surface area contributed by atoms with Crippen LogP contribution in [0, 0.1) is 17.8 Å². The van der Waals surface area contributed by atoms with E-state index in [1.54, 1.807) is 0 Å². The van der Waals surface area contributed by atoms with Crippen LogP contribution in [-0.4, -0.2) is 18.9 Å². The highest BCUT2D eigenvalue weighted by Crippen LogP contribution is 2.31. The lowest BCUT2D eigenvalue weighted by atomic mass is 9.76. The number of esters is 1. The van der Waals surface area contributed by atoms with Crippen LogP contribution in [0.15, 0.2) is 0 Å². The van der Waals surface area contributed by atoms with Crippen LogP contribution in [-0.2, 0) is 14.3 Å². The van der Waals surface area contributed by atoms with Crippen LogP contribution in [0.4, 0.5) is 0 Å². The first-order valence-corrected chi connectivity index (χ1v) is 5.16. The van der Waals surface area contributed by atoms with E-state index in [9.17, 15) is 9.59 Å². The zero-order chi connectivity index (χ0) is 10.7. The Morgan fingerprint density at radius 2 is 2.07 bits per heavy atom. The first-order chi connectivity index (χ1) is 6.56. The Hall–Kier alpha value is -0.860. The largest absolute Gasteiger partial charge is 0.468 e. The van der Waals surface area contributed by atoms with E-state index in [1.165, 1.54) is 7.11 Å². The molecular weight excluding hydrogens is 180 g/mol. The third-order valence-electron chi connectivity index (χ3n) is 3.11. The van der Waals surface area contributed by atoms with Crippen molar-refractivity contribution in [2.45, 2.75) is 33.1 Å². The normalized spacial score (nSPS) is 27.9. The van der Waals surface area contributed by atoms with Gasteiger partial charge in [-0.05, 0) is 24.7 Å². The monoisotopic (exact) mass is 198 g/mol. The molecule has 0 radical (unpaired) electrons. The van der Waals surface area contributed by atoms with Crippen LogP contribution in [0.1, 0.15) is 33.1 Å². The Morgan fingerprint density at radius 3 is 2.50 bits per heavy atom. The average Bonchev–Trinajstić information content (AvgIpc) is 2.16. The van der Waals surface area contributed by atoms with Gasteiger partial charge in [0.05, 0.1) is 7.11 Å². The number of ether oxygens (including phenoxy) is 1. The summed E-state index contributed by atoms with van der Waals surface area (Å²) in [5.74, 6) is 0.176. The number of carbonyl (C=O) groups is 2.